The van der Waals surface area contributed by atoms with E-state index < -0.39 is 24.6 Å². The van der Waals surface area contributed by atoms with E-state index >= 15 is 4.39 Å². The number of urea groups is 1. The van der Waals surface area contributed by atoms with Gasteiger partial charge in [0.25, 0.3) is 0 Å². The lowest BCUT2D eigenvalue weighted by Crippen LogP contribution is -2.35. The van der Waals surface area contributed by atoms with Crippen LogP contribution in [0.2, 0.25) is 0 Å². The van der Waals surface area contributed by atoms with Gasteiger partial charge in [0.2, 0.25) is 0 Å². The van der Waals surface area contributed by atoms with E-state index in [1.54, 1.807) is 31.2 Å². The van der Waals surface area contributed by atoms with Crippen molar-refractivity contribution in [3.63, 3.8) is 0 Å². The molecule has 2 atom stereocenters. The third kappa shape index (κ3) is 7.34. The minimum Gasteiger partial charge on any atom is -0.406 e. The molecule has 1 saturated heterocycles. The van der Waals surface area contributed by atoms with Crippen molar-refractivity contribution in [2.24, 2.45) is 4.99 Å². The van der Waals surface area contributed by atoms with Gasteiger partial charge in [-0.1, -0.05) is 61.2 Å². The molecule has 0 bridgehead atoms. The molecule has 8 nitrogen and oxygen atoms in total. The number of halogens is 4. The Hall–Kier alpha value is -4.39. The van der Waals surface area contributed by atoms with E-state index in [0.29, 0.717) is 27.8 Å². The molecule has 1 aliphatic rings. The third-order valence-corrected chi connectivity index (χ3v) is 7.70. The van der Waals surface area contributed by atoms with Gasteiger partial charge in [-0.05, 0) is 54.8 Å². The van der Waals surface area contributed by atoms with E-state index in [1.807, 2.05) is 23.1 Å². The Morgan fingerprint density at radius 2 is 1.81 bits per heavy atom. The highest BCUT2D eigenvalue weighted by Crippen LogP contribution is 2.30. The number of anilines is 1. The van der Waals surface area contributed by atoms with Gasteiger partial charge in [0, 0.05) is 23.5 Å². The molecule has 1 N–H and O–H groups in total. The summed E-state index contributed by atoms with van der Waals surface area (Å²) in [7, 11) is 0. The van der Waals surface area contributed by atoms with Gasteiger partial charge in [0.1, 0.15) is 18.2 Å². The average molecular weight is 613 g/mol. The van der Waals surface area contributed by atoms with Crippen LogP contribution in [0.5, 0.6) is 5.75 Å². The predicted octanol–water partition coefficient (Wildman–Crippen LogP) is 7.11. The molecule has 4 aromatic rings. The van der Waals surface area contributed by atoms with Crippen LogP contribution in [0.15, 0.2) is 84.1 Å². The summed E-state index contributed by atoms with van der Waals surface area (Å²) in [6.45, 7) is 4.39. The van der Waals surface area contributed by atoms with Crippen LogP contribution in [0.3, 0.4) is 0 Å². The maximum Gasteiger partial charge on any atom is 0.573 e. The minimum absolute atomic E-state index is 0.344. The number of hydrogen-bond donors (Lipinski definition) is 1. The fraction of sp³-hybridized carbons (Fsp3) is 0.267. The van der Waals surface area contributed by atoms with Gasteiger partial charge in [-0.15, -0.1) is 18.3 Å². The van der Waals surface area contributed by atoms with Crippen LogP contribution in [0, 0.1) is 0 Å². The Morgan fingerprint density at radius 3 is 2.51 bits per heavy atom. The lowest BCUT2D eigenvalue weighted by Gasteiger charge is -2.21. The lowest BCUT2D eigenvalue weighted by molar-refractivity contribution is -0.274. The molecule has 0 spiro atoms. The number of carbonyl (C=O) groups excluding carboxylic acids is 1. The summed E-state index contributed by atoms with van der Waals surface area (Å²) < 4.78 is 57.8. The van der Waals surface area contributed by atoms with Crippen LogP contribution < -0.4 is 15.0 Å². The first-order valence-electron chi connectivity index (χ1n) is 13.5. The Bertz CT molecular complexity index is 1590. The SMILES string of the molecule is CCc1ccccc1N1CCS/C1=N\C(=O)NC(C)C(F)c1ccc(-c2ncn(-c3ccc(OC(F)(F)F)cc3)n2)cc1. The van der Waals surface area contributed by atoms with Crippen LogP contribution >= 0.6 is 11.8 Å². The van der Waals surface area contributed by atoms with Gasteiger partial charge in [-0.2, -0.15) is 4.99 Å². The van der Waals surface area contributed by atoms with Crippen molar-refractivity contribution in [3.8, 4) is 22.8 Å². The number of amidine groups is 1. The van der Waals surface area contributed by atoms with Crippen molar-refractivity contribution >= 4 is 28.6 Å². The van der Waals surface area contributed by atoms with E-state index in [1.165, 1.54) is 47.0 Å². The van der Waals surface area contributed by atoms with Crippen molar-refractivity contribution in [2.75, 3.05) is 17.2 Å². The number of para-hydroxylation sites is 1. The highest BCUT2D eigenvalue weighted by atomic mass is 32.2. The van der Waals surface area contributed by atoms with Crippen LogP contribution in [-0.4, -0.2) is 50.7 Å². The molecule has 43 heavy (non-hydrogen) atoms. The summed E-state index contributed by atoms with van der Waals surface area (Å²) in [5.41, 5.74) is 3.63. The second kappa shape index (κ2) is 12.9. The van der Waals surface area contributed by atoms with Crippen LogP contribution in [0.25, 0.3) is 17.1 Å². The molecule has 1 aromatic heterocycles. The Kier molecular flexibility index (Phi) is 9.00. The van der Waals surface area contributed by atoms with Crippen LogP contribution in [0.1, 0.15) is 31.1 Å². The van der Waals surface area contributed by atoms with Gasteiger partial charge >= 0.3 is 12.4 Å². The molecule has 0 radical (unpaired) electrons. The van der Waals surface area contributed by atoms with Gasteiger partial charge < -0.3 is 15.0 Å². The molecular formula is C30H28F4N6O2S. The molecule has 1 fully saturated rings. The largest absolute Gasteiger partial charge is 0.573 e. The smallest absolute Gasteiger partial charge is 0.406 e. The number of hydrogen-bond acceptors (Lipinski definition) is 5. The fourth-order valence-corrected chi connectivity index (χ4v) is 5.55. The number of aromatic nitrogens is 3. The molecule has 3 aromatic carbocycles. The maximum absolute atomic E-state index is 15.3. The summed E-state index contributed by atoms with van der Waals surface area (Å²) in [4.78, 5) is 23.2. The van der Waals surface area contributed by atoms with Crippen molar-refractivity contribution < 1.29 is 27.1 Å². The summed E-state index contributed by atoms with van der Waals surface area (Å²) >= 11 is 1.49. The number of carbonyl (C=O) groups is 1. The number of rotatable bonds is 8. The first-order chi connectivity index (χ1) is 20.6. The number of nitrogens with one attached hydrogen (secondary N) is 1. The first kappa shape index (κ1) is 30.1. The quantitative estimate of drug-likeness (QED) is 0.214. The molecule has 5 rings (SSSR count). The predicted molar refractivity (Wildman–Crippen MR) is 158 cm³/mol. The van der Waals surface area contributed by atoms with E-state index in [0.717, 1.165) is 30.0 Å². The number of thioether (sulfide) groups is 1. The monoisotopic (exact) mass is 612 g/mol. The van der Waals surface area contributed by atoms with Crippen LogP contribution in [-0.2, 0) is 6.42 Å². The Labute approximate surface area is 249 Å². The second-order valence-corrected chi connectivity index (χ2v) is 10.8. The number of nitrogens with zero attached hydrogens (tertiary/aromatic N) is 5. The summed E-state index contributed by atoms with van der Waals surface area (Å²) in [5, 5.41) is 7.60. The molecule has 0 saturated carbocycles. The minimum atomic E-state index is -4.78. The lowest BCUT2D eigenvalue weighted by atomic mass is 10.0. The normalized spacial score (nSPS) is 15.9. The number of benzene rings is 3. The second-order valence-electron chi connectivity index (χ2n) is 9.69. The Morgan fingerprint density at radius 1 is 1.09 bits per heavy atom. The summed E-state index contributed by atoms with van der Waals surface area (Å²) in [5.74, 6) is 0.801. The van der Waals surface area contributed by atoms with Gasteiger partial charge in [-0.3, -0.25) is 0 Å². The molecule has 13 heteroatoms. The third-order valence-electron chi connectivity index (χ3n) is 6.74. The zero-order valence-corrected chi connectivity index (χ0v) is 24.1. The maximum atomic E-state index is 15.3. The highest BCUT2D eigenvalue weighted by Gasteiger charge is 2.31. The molecule has 2 unspecified atom stereocenters. The van der Waals surface area contributed by atoms with Crippen molar-refractivity contribution in [1.29, 1.82) is 0 Å². The molecule has 0 aliphatic carbocycles. The summed E-state index contributed by atoms with van der Waals surface area (Å²) in [6, 6.07) is 18.3. The molecule has 2 amide bonds. The number of ether oxygens (including phenoxy) is 1. The topological polar surface area (TPSA) is 84.6 Å². The van der Waals surface area contributed by atoms with Crippen molar-refractivity contribution in [3.05, 3.63) is 90.3 Å². The van der Waals surface area contributed by atoms with Crippen molar-refractivity contribution in [1.82, 2.24) is 20.1 Å². The van der Waals surface area contributed by atoms with Crippen molar-refractivity contribution in [2.45, 2.75) is 38.8 Å². The van der Waals surface area contributed by atoms with Gasteiger partial charge in [0.05, 0.1) is 11.7 Å². The van der Waals surface area contributed by atoms with E-state index in [9.17, 15) is 18.0 Å². The highest BCUT2D eigenvalue weighted by molar-refractivity contribution is 8.14. The number of alkyl halides is 4. The molecule has 1 aliphatic heterocycles. The first-order valence-corrected chi connectivity index (χ1v) is 14.5. The van der Waals surface area contributed by atoms with E-state index in [4.69, 9.17) is 0 Å². The average Bonchev–Trinajstić information content (AvgIpc) is 3.67. The standard InChI is InChI=1S/C30H28F4N6O2S/c1-3-20-6-4-5-7-25(20)39-16-17-43-29(39)37-28(41)36-19(2)26(31)21-8-10-22(11-9-21)27-35-18-40(38-27)23-12-14-24(15-13-23)42-30(32,33)34/h4-15,18-19,26H,3,16-17H2,1-2H3,(H,36,41)/b37-29-. The van der Waals surface area contributed by atoms with Gasteiger partial charge in [0.15, 0.2) is 11.0 Å². The van der Waals surface area contributed by atoms with E-state index in [2.05, 4.69) is 38.1 Å². The molecule has 2 heterocycles. The zero-order valence-electron chi connectivity index (χ0n) is 23.3. The Balaban J connectivity index is 1.21. The zero-order chi connectivity index (χ0) is 30.6. The number of aliphatic imine (C=N–C) groups is 1. The van der Waals surface area contributed by atoms with E-state index in [-0.39, 0.29) is 5.75 Å². The number of aryl methyl sites for hydroxylation is 1. The molecular weight excluding hydrogens is 584 g/mol. The fourth-order valence-electron chi connectivity index (χ4n) is 4.60. The molecule has 224 valence electrons. The van der Waals surface area contributed by atoms with Gasteiger partial charge in [-0.25, -0.2) is 18.9 Å². The number of amides is 2. The summed E-state index contributed by atoms with van der Waals surface area (Å²) in [6.07, 6.45) is -3.99. The van der Waals surface area contributed by atoms with Crippen LogP contribution in [0.4, 0.5) is 28.0 Å².